The number of aryl methyl sites for hydroxylation is 1. The molecule has 0 radical (unpaired) electrons. The molecule has 0 bridgehead atoms. The van der Waals surface area contributed by atoms with E-state index in [0.29, 0.717) is 5.69 Å². The van der Waals surface area contributed by atoms with E-state index in [4.69, 9.17) is 0 Å². The number of rotatable bonds is 10. The number of sulfonamides is 1. The summed E-state index contributed by atoms with van der Waals surface area (Å²) >= 11 is 0. The highest BCUT2D eigenvalue weighted by atomic mass is 32.2. The van der Waals surface area contributed by atoms with E-state index in [0.717, 1.165) is 21.7 Å². The lowest BCUT2D eigenvalue weighted by atomic mass is 10.1. The summed E-state index contributed by atoms with van der Waals surface area (Å²) in [7, 11) is -2.10. The molecule has 0 heterocycles. The van der Waals surface area contributed by atoms with Gasteiger partial charge >= 0.3 is 0 Å². The van der Waals surface area contributed by atoms with E-state index in [-0.39, 0.29) is 37.7 Å². The van der Waals surface area contributed by atoms with Crippen molar-refractivity contribution in [2.45, 2.75) is 39.3 Å². The van der Waals surface area contributed by atoms with Gasteiger partial charge in [0.2, 0.25) is 21.8 Å². The van der Waals surface area contributed by atoms with Crippen LogP contribution in [0.4, 0.5) is 10.1 Å². The number of hydrogen-bond donors (Lipinski definition) is 1. The van der Waals surface area contributed by atoms with Crippen LogP contribution in [-0.2, 0) is 26.2 Å². The Bertz CT molecular complexity index is 1040. The van der Waals surface area contributed by atoms with Crippen LogP contribution in [0, 0.1) is 12.7 Å². The van der Waals surface area contributed by atoms with E-state index < -0.39 is 21.9 Å². The van der Waals surface area contributed by atoms with E-state index >= 15 is 0 Å². The zero-order valence-electron chi connectivity index (χ0n) is 18.8. The Labute approximate surface area is 189 Å². The zero-order valence-corrected chi connectivity index (χ0v) is 19.7. The Kier molecular flexibility index (Phi) is 8.77. The number of carbonyl (C=O) groups excluding carboxylic acids is 2. The summed E-state index contributed by atoms with van der Waals surface area (Å²) in [5, 5.41) is 2.57. The Morgan fingerprint density at radius 3 is 2.28 bits per heavy atom. The SMILES string of the molecule is CNC(=O)C(C)N(Cc1ccccc1C)C(=O)CCCN(c1ccc(F)cc1)S(C)(=O)=O. The second-order valence-electron chi connectivity index (χ2n) is 7.65. The molecule has 9 heteroatoms. The normalized spacial score (nSPS) is 12.2. The third-order valence-electron chi connectivity index (χ3n) is 5.28. The molecule has 0 aliphatic rings. The van der Waals surface area contributed by atoms with Crippen LogP contribution in [-0.4, -0.2) is 51.0 Å². The predicted molar refractivity (Wildman–Crippen MR) is 123 cm³/mol. The molecule has 2 aromatic carbocycles. The number of benzene rings is 2. The number of halogens is 1. The molecule has 1 N–H and O–H groups in total. The minimum Gasteiger partial charge on any atom is -0.357 e. The fraction of sp³-hybridized carbons (Fsp3) is 0.391. The average Bonchev–Trinajstić information content (AvgIpc) is 2.75. The van der Waals surface area contributed by atoms with E-state index in [1.165, 1.54) is 36.2 Å². The maximum atomic E-state index is 13.2. The van der Waals surface area contributed by atoms with Crippen molar-refractivity contribution in [1.82, 2.24) is 10.2 Å². The molecule has 0 aromatic heterocycles. The van der Waals surface area contributed by atoms with Gasteiger partial charge in [-0.05, 0) is 55.7 Å². The van der Waals surface area contributed by atoms with Gasteiger partial charge in [0.15, 0.2) is 0 Å². The first-order valence-corrected chi connectivity index (χ1v) is 12.2. The second kappa shape index (κ2) is 11.1. The minimum absolute atomic E-state index is 0.0560. The van der Waals surface area contributed by atoms with Crippen molar-refractivity contribution in [1.29, 1.82) is 0 Å². The van der Waals surface area contributed by atoms with Crippen LogP contribution < -0.4 is 9.62 Å². The van der Waals surface area contributed by atoms with Crippen LogP contribution in [0.1, 0.15) is 30.9 Å². The number of nitrogens with zero attached hydrogens (tertiary/aromatic N) is 2. The predicted octanol–water partition coefficient (Wildman–Crippen LogP) is 2.84. The first kappa shape index (κ1) is 25.3. The number of hydrogen-bond acceptors (Lipinski definition) is 4. The molecule has 7 nitrogen and oxygen atoms in total. The number of likely N-dealkylation sites (N-methyl/N-ethyl adjacent to an activating group) is 1. The van der Waals surface area contributed by atoms with Crippen molar-refractivity contribution in [3.8, 4) is 0 Å². The number of amides is 2. The maximum absolute atomic E-state index is 13.2. The third kappa shape index (κ3) is 6.78. The van der Waals surface area contributed by atoms with Crippen molar-refractivity contribution in [3.63, 3.8) is 0 Å². The molecule has 0 saturated carbocycles. The Balaban J connectivity index is 2.14. The standard InChI is InChI=1S/C23H30FN3O4S/c1-17-8-5-6-9-19(17)16-26(18(2)23(29)25-3)22(28)10-7-15-27(32(4,30)31)21-13-11-20(24)12-14-21/h5-6,8-9,11-14,18H,7,10,15-16H2,1-4H3,(H,25,29). The number of nitrogens with one attached hydrogen (secondary N) is 1. The highest BCUT2D eigenvalue weighted by Crippen LogP contribution is 2.20. The van der Waals surface area contributed by atoms with Gasteiger partial charge in [-0.1, -0.05) is 24.3 Å². The molecule has 1 unspecified atom stereocenters. The van der Waals surface area contributed by atoms with Gasteiger partial charge in [0.25, 0.3) is 0 Å². The number of carbonyl (C=O) groups is 2. The van der Waals surface area contributed by atoms with Crippen molar-refractivity contribution >= 4 is 27.5 Å². The van der Waals surface area contributed by atoms with Crippen molar-refractivity contribution in [3.05, 3.63) is 65.5 Å². The topological polar surface area (TPSA) is 86.8 Å². The highest BCUT2D eigenvalue weighted by Gasteiger charge is 2.26. The summed E-state index contributed by atoms with van der Waals surface area (Å²) in [6.45, 7) is 3.93. The molecule has 2 rings (SSSR count). The van der Waals surface area contributed by atoms with Gasteiger partial charge in [-0.3, -0.25) is 13.9 Å². The largest absolute Gasteiger partial charge is 0.357 e. The van der Waals surface area contributed by atoms with Crippen molar-refractivity contribution < 1.29 is 22.4 Å². The molecule has 0 aliphatic carbocycles. The van der Waals surface area contributed by atoms with E-state index in [1.807, 2.05) is 31.2 Å². The fourth-order valence-electron chi connectivity index (χ4n) is 3.37. The van der Waals surface area contributed by atoms with Gasteiger partial charge in [0, 0.05) is 26.6 Å². The molecule has 0 spiro atoms. The summed E-state index contributed by atoms with van der Waals surface area (Å²) in [5.41, 5.74) is 2.27. The Hall–Kier alpha value is -2.94. The molecule has 174 valence electrons. The third-order valence-corrected chi connectivity index (χ3v) is 6.48. The summed E-state index contributed by atoms with van der Waals surface area (Å²) in [5.74, 6) is -1.000. The maximum Gasteiger partial charge on any atom is 0.242 e. The zero-order chi connectivity index (χ0) is 23.9. The first-order chi connectivity index (χ1) is 15.0. The summed E-state index contributed by atoms with van der Waals surface area (Å²) < 4.78 is 38.8. The smallest absolute Gasteiger partial charge is 0.242 e. The molecule has 2 aromatic rings. The monoisotopic (exact) mass is 463 g/mol. The first-order valence-electron chi connectivity index (χ1n) is 10.3. The van der Waals surface area contributed by atoms with Crippen LogP contribution >= 0.6 is 0 Å². The number of anilines is 1. The van der Waals surface area contributed by atoms with Crippen molar-refractivity contribution in [2.24, 2.45) is 0 Å². The van der Waals surface area contributed by atoms with Gasteiger partial charge in [-0.2, -0.15) is 0 Å². The summed E-state index contributed by atoms with van der Waals surface area (Å²) in [6, 6.07) is 12.1. The molecule has 0 saturated heterocycles. The van der Waals surface area contributed by atoms with E-state index in [1.54, 1.807) is 6.92 Å². The van der Waals surface area contributed by atoms with Crippen LogP contribution in [0.2, 0.25) is 0 Å². The lowest BCUT2D eigenvalue weighted by Crippen LogP contribution is -2.47. The molecule has 32 heavy (non-hydrogen) atoms. The quantitative estimate of drug-likeness (QED) is 0.587. The Morgan fingerprint density at radius 1 is 1.09 bits per heavy atom. The molecule has 2 amide bonds. The lowest BCUT2D eigenvalue weighted by Gasteiger charge is -2.29. The summed E-state index contributed by atoms with van der Waals surface area (Å²) in [6.07, 6.45) is 1.37. The van der Waals surface area contributed by atoms with Gasteiger partial charge in [0.05, 0.1) is 11.9 Å². The van der Waals surface area contributed by atoms with Gasteiger partial charge < -0.3 is 10.2 Å². The molecular formula is C23H30FN3O4S. The van der Waals surface area contributed by atoms with Crippen molar-refractivity contribution in [2.75, 3.05) is 24.2 Å². The average molecular weight is 464 g/mol. The van der Waals surface area contributed by atoms with E-state index in [2.05, 4.69) is 5.32 Å². The van der Waals surface area contributed by atoms with E-state index in [9.17, 15) is 22.4 Å². The Morgan fingerprint density at radius 2 is 1.72 bits per heavy atom. The second-order valence-corrected chi connectivity index (χ2v) is 9.56. The molecule has 0 aliphatic heterocycles. The lowest BCUT2D eigenvalue weighted by molar-refractivity contribution is -0.140. The van der Waals surface area contributed by atoms with Gasteiger partial charge in [-0.25, -0.2) is 12.8 Å². The molecular weight excluding hydrogens is 433 g/mol. The van der Waals surface area contributed by atoms with Crippen LogP contribution in [0.3, 0.4) is 0 Å². The van der Waals surface area contributed by atoms with Crippen LogP contribution in [0.15, 0.2) is 48.5 Å². The van der Waals surface area contributed by atoms with Gasteiger partial charge in [-0.15, -0.1) is 0 Å². The molecule has 0 fully saturated rings. The van der Waals surface area contributed by atoms with Crippen LogP contribution in [0.5, 0.6) is 0 Å². The molecule has 1 atom stereocenters. The van der Waals surface area contributed by atoms with Crippen LogP contribution in [0.25, 0.3) is 0 Å². The summed E-state index contributed by atoms with van der Waals surface area (Å²) in [4.78, 5) is 26.8. The van der Waals surface area contributed by atoms with Gasteiger partial charge in [0.1, 0.15) is 11.9 Å². The minimum atomic E-state index is -3.62. The fourth-order valence-corrected chi connectivity index (χ4v) is 4.34. The highest BCUT2D eigenvalue weighted by molar-refractivity contribution is 7.92.